The summed E-state index contributed by atoms with van der Waals surface area (Å²) in [6, 6.07) is 28.3. The largest absolute Gasteiger partial charge is 0.490 e. The van der Waals surface area contributed by atoms with Gasteiger partial charge in [-0.2, -0.15) is 5.10 Å². The maximum atomic E-state index is 6.19. The smallest absolute Gasteiger partial charge is 0.176 e. The normalized spacial score (nSPS) is 19.3. The topological polar surface area (TPSA) is 106 Å². The minimum atomic E-state index is -0.343. The summed E-state index contributed by atoms with van der Waals surface area (Å²) in [5, 5.41) is 11.6. The van der Waals surface area contributed by atoms with Crippen LogP contribution in [0, 0.1) is 0 Å². The van der Waals surface area contributed by atoms with Crippen LogP contribution in [-0.2, 0) is 36.9 Å². The first-order chi connectivity index (χ1) is 21.8. The number of hydrogen-bond acceptors (Lipinski definition) is 9. The van der Waals surface area contributed by atoms with Crippen LogP contribution in [0.5, 0.6) is 11.5 Å². The second-order valence-electron chi connectivity index (χ2n) is 10.4. The maximum absolute atomic E-state index is 6.19. The van der Waals surface area contributed by atoms with Gasteiger partial charge < -0.3 is 33.2 Å². The number of fused-ring (bicyclic) bond motifs is 4. The van der Waals surface area contributed by atoms with Crippen LogP contribution >= 0.6 is 0 Å². The van der Waals surface area contributed by atoms with Crippen molar-refractivity contribution in [2.75, 3.05) is 52.9 Å². The SMILES string of the molecule is c1ccc2c(OC[C@H]3COCCOCCOC[C@H](COc4cccc5ccccc45)OCc4nc(n[nH]4)CO3)cccc2c1. The highest BCUT2D eigenvalue weighted by molar-refractivity contribution is 5.88. The Morgan fingerprint density at radius 1 is 0.614 bits per heavy atom. The van der Waals surface area contributed by atoms with E-state index in [9.17, 15) is 0 Å². The van der Waals surface area contributed by atoms with Crippen molar-refractivity contribution in [2.24, 2.45) is 0 Å². The van der Waals surface area contributed by atoms with Gasteiger partial charge in [-0.3, -0.25) is 5.10 Å². The fourth-order valence-corrected chi connectivity index (χ4v) is 4.92. The lowest BCUT2D eigenvalue weighted by atomic mass is 10.1. The molecule has 0 saturated carbocycles. The van der Waals surface area contributed by atoms with Gasteiger partial charge in [0.05, 0.1) is 39.6 Å². The Kier molecular flexibility index (Phi) is 10.6. The summed E-state index contributed by atoms with van der Waals surface area (Å²) in [5.41, 5.74) is 0. The molecule has 0 radical (unpaired) electrons. The molecule has 230 valence electrons. The van der Waals surface area contributed by atoms with E-state index in [0.29, 0.717) is 64.5 Å². The molecule has 1 aliphatic rings. The Labute approximate surface area is 256 Å². The molecular weight excluding hydrogens is 562 g/mol. The van der Waals surface area contributed by atoms with E-state index in [1.165, 1.54) is 0 Å². The molecule has 0 aliphatic carbocycles. The first kappa shape index (κ1) is 30.0. The van der Waals surface area contributed by atoms with Gasteiger partial charge in [-0.25, -0.2) is 4.98 Å². The van der Waals surface area contributed by atoms with Gasteiger partial charge >= 0.3 is 0 Å². The minimum Gasteiger partial charge on any atom is -0.490 e. The Morgan fingerprint density at radius 2 is 1.14 bits per heavy atom. The summed E-state index contributed by atoms with van der Waals surface area (Å²) in [4.78, 5) is 4.56. The Balaban J connectivity index is 1.07. The number of hydrogen-bond donors (Lipinski definition) is 1. The van der Waals surface area contributed by atoms with Crippen molar-refractivity contribution in [3.8, 4) is 11.5 Å². The third-order valence-corrected chi connectivity index (χ3v) is 7.18. The predicted octanol–water partition coefficient (Wildman–Crippen LogP) is 5.10. The monoisotopic (exact) mass is 599 g/mol. The van der Waals surface area contributed by atoms with Gasteiger partial charge in [0.1, 0.15) is 50.1 Å². The van der Waals surface area contributed by atoms with E-state index in [0.717, 1.165) is 33.0 Å². The second-order valence-corrected chi connectivity index (χ2v) is 10.4. The van der Waals surface area contributed by atoms with Gasteiger partial charge in [-0.05, 0) is 22.9 Å². The molecule has 1 aliphatic heterocycles. The van der Waals surface area contributed by atoms with Gasteiger partial charge in [0.25, 0.3) is 0 Å². The standard InChI is InChI=1S/C34H37N3O7/c1-3-11-29-25(7-1)9-5-13-31(29)43-21-27-19-39-17-15-38-16-18-40-20-28(42-24-34-35-33(23-41-27)36-37-34)22-44-32-14-6-10-26-8-2-4-12-30(26)32/h1-14,27-28H,15-24H2,(H,35,36,37)/t27-,28-/m1/s1. The highest BCUT2D eigenvalue weighted by Gasteiger charge is 2.17. The summed E-state index contributed by atoms with van der Waals surface area (Å²) in [5.74, 6) is 2.70. The number of H-pyrrole nitrogens is 1. The van der Waals surface area contributed by atoms with Crippen molar-refractivity contribution >= 4 is 21.5 Å². The lowest BCUT2D eigenvalue weighted by Crippen LogP contribution is -2.29. The van der Waals surface area contributed by atoms with Crippen molar-refractivity contribution in [1.82, 2.24) is 15.2 Å². The molecule has 44 heavy (non-hydrogen) atoms. The maximum Gasteiger partial charge on any atom is 0.176 e. The van der Waals surface area contributed by atoms with Gasteiger partial charge in [0, 0.05) is 10.8 Å². The molecule has 2 bridgehead atoms. The van der Waals surface area contributed by atoms with Crippen LogP contribution < -0.4 is 9.47 Å². The zero-order valence-electron chi connectivity index (χ0n) is 24.6. The molecule has 10 heteroatoms. The van der Waals surface area contributed by atoms with Crippen molar-refractivity contribution in [2.45, 2.75) is 25.4 Å². The van der Waals surface area contributed by atoms with Crippen molar-refractivity contribution in [1.29, 1.82) is 0 Å². The van der Waals surface area contributed by atoms with Crippen molar-refractivity contribution in [3.05, 3.63) is 96.6 Å². The minimum absolute atomic E-state index is 0.191. The average Bonchev–Trinajstić information content (AvgIpc) is 3.53. The van der Waals surface area contributed by atoms with Crippen molar-refractivity contribution < 1.29 is 33.2 Å². The molecule has 0 saturated heterocycles. The Bertz CT molecular complexity index is 1480. The van der Waals surface area contributed by atoms with E-state index >= 15 is 0 Å². The van der Waals surface area contributed by atoms with Crippen LogP contribution in [-0.4, -0.2) is 80.2 Å². The number of ether oxygens (including phenoxy) is 7. The number of aromatic amines is 1. The molecule has 0 amide bonds. The first-order valence-electron chi connectivity index (χ1n) is 14.9. The number of nitrogens with zero attached hydrogens (tertiary/aromatic N) is 2. The third kappa shape index (κ3) is 8.31. The molecular formula is C34H37N3O7. The zero-order chi connectivity index (χ0) is 29.8. The lowest BCUT2D eigenvalue weighted by molar-refractivity contribution is -0.0684. The highest BCUT2D eigenvalue weighted by atomic mass is 16.6. The van der Waals surface area contributed by atoms with E-state index in [1.54, 1.807) is 0 Å². The van der Waals surface area contributed by atoms with Crippen LogP contribution in [0.2, 0.25) is 0 Å². The van der Waals surface area contributed by atoms with Gasteiger partial charge in [-0.15, -0.1) is 0 Å². The van der Waals surface area contributed by atoms with Crippen molar-refractivity contribution in [3.63, 3.8) is 0 Å². The zero-order valence-corrected chi connectivity index (χ0v) is 24.6. The van der Waals surface area contributed by atoms with E-state index in [4.69, 9.17) is 33.2 Å². The van der Waals surface area contributed by atoms with Gasteiger partial charge in [0.2, 0.25) is 0 Å². The summed E-state index contributed by atoms with van der Waals surface area (Å²) >= 11 is 0. The van der Waals surface area contributed by atoms with E-state index < -0.39 is 0 Å². The molecule has 2 heterocycles. The highest BCUT2D eigenvalue weighted by Crippen LogP contribution is 2.26. The molecule has 5 aromatic rings. The fraction of sp³-hybridized carbons (Fsp3) is 0.353. The van der Waals surface area contributed by atoms with Crippen LogP contribution in [0.1, 0.15) is 11.6 Å². The molecule has 6 rings (SSSR count). The molecule has 2 atom stereocenters. The summed E-state index contributed by atoms with van der Waals surface area (Å²) in [7, 11) is 0. The Morgan fingerprint density at radius 3 is 1.75 bits per heavy atom. The van der Waals surface area contributed by atoms with Gasteiger partial charge in [-0.1, -0.05) is 72.8 Å². The third-order valence-electron chi connectivity index (χ3n) is 7.18. The molecule has 0 spiro atoms. The second kappa shape index (κ2) is 15.6. The van der Waals surface area contributed by atoms with E-state index in [2.05, 4.69) is 39.4 Å². The van der Waals surface area contributed by atoms with Gasteiger partial charge in [0.15, 0.2) is 11.6 Å². The van der Waals surface area contributed by atoms with Crippen LogP contribution in [0.15, 0.2) is 84.9 Å². The molecule has 1 N–H and O–H groups in total. The van der Waals surface area contributed by atoms with Crippen LogP contribution in [0.3, 0.4) is 0 Å². The molecule has 0 unspecified atom stereocenters. The first-order valence-corrected chi connectivity index (χ1v) is 14.9. The summed E-state index contributed by atoms with van der Waals surface area (Å²) in [6.45, 7) is 3.42. The summed E-state index contributed by atoms with van der Waals surface area (Å²) < 4.78 is 42.1. The van der Waals surface area contributed by atoms with Crippen LogP contribution in [0.25, 0.3) is 21.5 Å². The Hall–Kier alpha value is -4.06. The van der Waals surface area contributed by atoms with E-state index in [1.807, 2.05) is 60.7 Å². The average molecular weight is 600 g/mol. The number of aromatic nitrogens is 3. The number of nitrogens with one attached hydrogen (secondary N) is 1. The summed E-state index contributed by atoms with van der Waals surface area (Å²) in [6.07, 6.45) is -0.679. The molecule has 1 aromatic heterocycles. The fourth-order valence-electron chi connectivity index (χ4n) is 4.92. The number of benzene rings is 4. The number of rotatable bonds is 6. The quantitative estimate of drug-likeness (QED) is 0.285. The molecule has 0 fully saturated rings. The van der Waals surface area contributed by atoms with E-state index in [-0.39, 0.29) is 25.4 Å². The molecule has 10 nitrogen and oxygen atoms in total. The van der Waals surface area contributed by atoms with Crippen LogP contribution in [0.4, 0.5) is 0 Å². The molecule has 4 aromatic carbocycles. The predicted molar refractivity (Wildman–Crippen MR) is 165 cm³/mol. The lowest BCUT2D eigenvalue weighted by Gasteiger charge is -2.20.